The molecule has 0 aromatic carbocycles. The van der Waals surface area contributed by atoms with Gasteiger partial charge in [-0.05, 0) is 25.2 Å². The molecule has 0 amide bonds. The molecular formula is C15H28N4. The predicted octanol–water partition coefficient (Wildman–Crippen LogP) is 2.54. The van der Waals surface area contributed by atoms with E-state index >= 15 is 0 Å². The van der Waals surface area contributed by atoms with Crippen LogP contribution in [0.3, 0.4) is 0 Å². The monoisotopic (exact) mass is 264 g/mol. The Morgan fingerprint density at radius 3 is 2.79 bits per heavy atom. The van der Waals surface area contributed by atoms with Gasteiger partial charge in [0.05, 0.1) is 11.9 Å². The van der Waals surface area contributed by atoms with E-state index in [2.05, 4.69) is 33.7 Å². The summed E-state index contributed by atoms with van der Waals surface area (Å²) in [5.41, 5.74) is 1.26. The maximum Gasteiger partial charge on any atom is 0.204 e. The van der Waals surface area contributed by atoms with Crippen molar-refractivity contribution in [1.29, 1.82) is 0 Å². The fourth-order valence-corrected chi connectivity index (χ4v) is 2.95. The van der Waals surface area contributed by atoms with Crippen molar-refractivity contribution in [3.63, 3.8) is 0 Å². The Morgan fingerprint density at radius 1 is 1.32 bits per heavy atom. The van der Waals surface area contributed by atoms with Gasteiger partial charge in [0.1, 0.15) is 0 Å². The Labute approximate surface area is 117 Å². The van der Waals surface area contributed by atoms with E-state index in [0.717, 1.165) is 18.4 Å². The molecule has 1 aromatic rings. The molecule has 0 saturated heterocycles. The highest BCUT2D eigenvalue weighted by Gasteiger charge is 2.16. The summed E-state index contributed by atoms with van der Waals surface area (Å²) < 4.78 is 2.17. The van der Waals surface area contributed by atoms with Crippen molar-refractivity contribution in [1.82, 2.24) is 14.9 Å². The number of rotatable bonds is 4. The summed E-state index contributed by atoms with van der Waals surface area (Å²) in [4.78, 5) is 6.51. The first kappa shape index (κ1) is 14.4. The molecule has 0 spiro atoms. The lowest BCUT2D eigenvalue weighted by atomic mass is 10.0. The van der Waals surface area contributed by atoms with Crippen molar-refractivity contribution >= 4 is 5.95 Å². The lowest BCUT2D eigenvalue weighted by Gasteiger charge is -2.17. The molecule has 2 atom stereocenters. The molecule has 1 heterocycles. The first-order valence-corrected chi connectivity index (χ1v) is 7.49. The third-order valence-corrected chi connectivity index (χ3v) is 4.29. The highest BCUT2D eigenvalue weighted by molar-refractivity contribution is 5.30. The van der Waals surface area contributed by atoms with E-state index in [-0.39, 0.29) is 0 Å². The molecule has 1 saturated carbocycles. The molecule has 0 radical (unpaired) electrons. The molecule has 2 rings (SSSR count). The van der Waals surface area contributed by atoms with E-state index in [1.54, 1.807) is 0 Å². The molecule has 108 valence electrons. The van der Waals surface area contributed by atoms with Gasteiger partial charge >= 0.3 is 0 Å². The lowest BCUT2D eigenvalue weighted by Crippen LogP contribution is -2.29. The smallest absolute Gasteiger partial charge is 0.204 e. The summed E-state index contributed by atoms with van der Waals surface area (Å²) in [6.07, 6.45) is 8.76. The molecule has 1 N–H and O–H groups in total. The number of nitrogens with one attached hydrogen (secondary N) is 1. The standard InChI is InChI=1S/C15H28N4/c1-12-6-5-7-13(9-8-12)16-10-14-11-17-15(18(2)3)19(14)4/h11-13,16H,5-10H2,1-4H3. The highest BCUT2D eigenvalue weighted by atomic mass is 15.3. The minimum atomic E-state index is 0.683. The number of hydrogen-bond donors (Lipinski definition) is 1. The van der Waals surface area contributed by atoms with Crippen molar-refractivity contribution < 1.29 is 0 Å². The first-order valence-electron chi connectivity index (χ1n) is 7.49. The van der Waals surface area contributed by atoms with Gasteiger partial charge in [0.2, 0.25) is 5.95 Å². The van der Waals surface area contributed by atoms with Crippen LogP contribution in [0.2, 0.25) is 0 Å². The summed E-state index contributed by atoms with van der Waals surface area (Å²) in [5, 5.41) is 3.71. The summed E-state index contributed by atoms with van der Waals surface area (Å²) in [5.74, 6) is 1.93. The van der Waals surface area contributed by atoms with Crippen molar-refractivity contribution in [3.8, 4) is 0 Å². The van der Waals surface area contributed by atoms with Crippen LogP contribution in [0, 0.1) is 5.92 Å². The van der Waals surface area contributed by atoms with Crippen LogP contribution < -0.4 is 10.2 Å². The molecule has 2 unspecified atom stereocenters. The Kier molecular flexibility index (Phi) is 4.86. The fraction of sp³-hybridized carbons (Fsp3) is 0.800. The largest absolute Gasteiger partial charge is 0.348 e. The van der Waals surface area contributed by atoms with Gasteiger partial charge in [-0.25, -0.2) is 4.98 Å². The topological polar surface area (TPSA) is 33.1 Å². The molecule has 1 aliphatic carbocycles. The van der Waals surface area contributed by atoms with Gasteiger partial charge in [0.25, 0.3) is 0 Å². The average molecular weight is 264 g/mol. The molecule has 1 aromatic heterocycles. The van der Waals surface area contributed by atoms with Crippen LogP contribution in [0.1, 0.15) is 44.7 Å². The second-order valence-electron chi connectivity index (χ2n) is 6.19. The van der Waals surface area contributed by atoms with Crippen molar-refractivity contribution in [3.05, 3.63) is 11.9 Å². The van der Waals surface area contributed by atoms with Crippen LogP contribution in [0.25, 0.3) is 0 Å². The number of aromatic nitrogens is 2. The van der Waals surface area contributed by atoms with Crippen LogP contribution in [0.4, 0.5) is 5.95 Å². The van der Waals surface area contributed by atoms with Crippen molar-refractivity contribution in [2.24, 2.45) is 13.0 Å². The number of imidazole rings is 1. The van der Waals surface area contributed by atoms with Gasteiger partial charge in [-0.15, -0.1) is 0 Å². The zero-order chi connectivity index (χ0) is 13.8. The second-order valence-corrected chi connectivity index (χ2v) is 6.19. The molecule has 4 nitrogen and oxygen atoms in total. The van der Waals surface area contributed by atoms with Gasteiger partial charge < -0.3 is 14.8 Å². The van der Waals surface area contributed by atoms with Gasteiger partial charge in [0, 0.05) is 33.7 Å². The molecule has 1 aliphatic rings. The first-order chi connectivity index (χ1) is 9.08. The predicted molar refractivity (Wildman–Crippen MR) is 80.4 cm³/mol. The SMILES string of the molecule is CC1CCCC(NCc2cnc(N(C)C)n2C)CC1. The maximum atomic E-state index is 4.46. The van der Waals surface area contributed by atoms with E-state index in [4.69, 9.17) is 0 Å². The average Bonchev–Trinajstić information content (AvgIpc) is 2.60. The summed E-state index contributed by atoms with van der Waals surface area (Å²) in [6.45, 7) is 3.31. The van der Waals surface area contributed by atoms with E-state index in [1.807, 2.05) is 20.3 Å². The highest BCUT2D eigenvalue weighted by Crippen LogP contribution is 2.23. The summed E-state index contributed by atoms with van der Waals surface area (Å²) in [7, 11) is 6.16. The van der Waals surface area contributed by atoms with E-state index in [9.17, 15) is 0 Å². The molecule has 1 fully saturated rings. The molecule has 0 aliphatic heterocycles. The van der Waals surface area contributed by atoms with Crippen LogP contribution in [0.15, 0.2) is 6.20 Å². The Hall–Kier alpha value is -1.03. The maximum absolute atomic E-state index is 4.46. The van der Waals surface area contributed by atoms with Crippen LogP contribution in [0.5, 0.6) is 0 Å². The third kappa shape index (κ3) is 3.72. The van der Waals surface area contributed by atoms with Crippen LogP contribution in [-0.4, -0.2) is 29.7 Å². The van der Waals surface area contributed by atoms with Crippen LogP contribution >= 0.6 is 0 Å². The molecule has 4 heteroatoms. The minimum absolute atomic E-state index is 0.683. The van der Waals surface area contributed by atoms with E-state index < -0.39 is 0 Å². The third-order valence-electron chi connectivity index (χ3n) is 4.29. The normalized spacial score (nSPS) is 24.2. The summed E-state index contributed by atoms with van der Waals surface area (Å²) in [6, 6.07) is 0.683. The Balaban J connectivity index is 1.88. The van der Waals surface area contributed by atoms with E-state index in [1.165, 1.54) is 37.8 Å². The quantitative estimate of drug-likeness (QED) is 0.848. The lowest BCUT2D eigenvalue weighted by molar-refractivity contribution is 0.442. The Bertz CT molecular complexity index is 397. The van der Waals surface area contributed by atoms with Gasteiger partial charge in [-0.1, -0.05) is 19.8 Å². The summed E-state index contributed by atoms with van der Waals surface area (Å²) >= 11 is 0. The van der Waals surface area contributed by atoms with Gasteiger partial charge in [-0.2, -0.15) is 0 Å². The number of nitrogens with zero attached hydrogens (tertiary/aromatic N) is 3. The van der Waals surface area contributed by atoms with Crippen molar-refractivity contribution in [2.45, 2.75) is 51.6 Å². The zero-order valence-electron chi connectivity index (χ0n) is 12.8. The van der Waals surface area contributed by atoms with Crippen molar-refractivity contribution in [2.75, 3.05) is 19.0 Å². The van der Waals surface area contributed by atoms with Crippen LogP contribution in [-0.2, 0) is 13.6 Å². The molecule has 19 heavy (non-hydrogen) atoms. The number of hydrogen-bond acceptors (Lipinski definition) is 3. The number of anilines is 1. The van der Waals surface area contributed by atoms with Gasteiger partial charge in [0.15, 0.2) is 0 Å². The Morgan fingerprint density at radius 2 is 2.11 bits per heavy atom. The van der Waals surface area contributed by atoms with E-state index in [0.29, 0.717) is 6.04 Å². The minimum Gasteiger partial charge on any atom is -0.348 e. The molecular weight excluding hydrogens is 236 g/mol. The second kappa shape index (κ2) is 6.42. The zero-order valence-corrected chi connectivity index (χ0v) is 12.8. The fourth-order valence-electron chi connectivity index (χ4n) is 2.95. The van der Waals surface area contributed by atoms with Gasteiger partial charge in [-0.3, -0.25) is 0 Å². The molecule has 0 bridgehead atoms.